The second-order valence-corrected chi connectivity index (χ2v) is 5.82. The molecule has 1 aliphatic heterocycles. The van der Waals surface area contributed by atoms with E-state index < -0.39 is 0 Å². The van der Waals surface area contributed by atoms with Gasteiger partial charge in [-0.2, -0.15) is 0 Å². The van der Waals surface area contributed by atoms with E-state index in [2.05, 4.69) is 10.2 Å². The topological polar surface area (TPSA) is 61.8 Å². The molecule has 0 atom stereocenters. The highest BCUT2D eigenvalue weighted by Crippen LogP contribution is 2.22. The zero-order chi connectivity index (χ0) is 15.8. The molecule has 1 heterocycles. The molecule has 1 amide bonds. The van der Waals surface area contributed by atoms with Gasteiger partial charge in [-0.15, -0.1) is 0 Å². The maximum absolute atomic E-state index is 12.1. The van der Waals surface area contributed by atoms with Crippen LogP contribution in [0, 0.1) is 5.92 Å². The Kier molecular flexibility index (Phi) is 6.68. The zero-order valence-corrected chi connectivity index (χ0v) is 13.3. The Morgan fingerprint density at radius 3 is 2.77 bits per heavy atom. The van der Waals surface area contributed by atoms with Crippen molar-refractivity contribution in [2.24, 2.45) is 5.92 Å². The first kappa shape index (κ1) is 16.8. The summed E-state index contributed by atoms with van der Waals surface area (Å²) >= 11 is 0. The van der Waals surface area contributed by atoms with Crippen molar-refractivity contribution in [3.05, 3.63) is 29.8 Å². The van der Waals surface area contributed by atoms with Crippen molar-refractivity contribution in [3.8, 4) is 5.75 Å². The van der Waals surface area contributed by atoms with Crippen LogP contribution in [-0.2, 0) is 16.1 Å². The van der Waals surface area contributed by atoms with E-state index in [9.17, 15) is 9.90 Å². The molecule has 2 N–H and O–H groups in total. The first-order chi connectivity index (χ1) is 10.7. The van der Waals surface area contributed by atoms with Gasteiger partial charge in [0.15, 0.2) is 0 Å². The van der Waals surface area contributed by atoms with Crippen LogP contribution in [0.25, 0.3) is 0 Å². The van der Waals surface area contributed by atoms with Crippen LogP contribution in [-0.4, -0.2) is 49.3 Å². The monoisotopic (exact) mass is 306 g/mol. The van der Waals surface area contributed by atoms with Crippen LogP contribution < -0.4 is 5.32 Å². The van der Waals surface area contributed by atoms with Gasteiger partial charge in [-0.3, -0.25) is 9.69 Å². The number of nitrogens with one attached hydrogen (secondary N) is 1. The fourth-order valence-corrected chi connectivity index (χ4v) is 2.81. The van der Waals surface area contributed by atoms with Crippen molar-refractivity contribution in [2.45, 2.75) is 25.8 Å². The molecule has 22 heavy (non-hydrogen) atoms. The molecule has 1 fully saturated rings. The first-order valence-corrected chi connectivity index (χ1v) is 7.96. The minimum absolute atomic E-state index is 0.114. The summed E-state index contributed by atoms with van der Waals surface area (Å²) in [7, 11) is 1.67. The number of likely N-dealkylation sites (tertiary alicyclic amines) is 1. The lowest BCUT2D eigenvalue weighted by molar-refractivity contribution is -0.126. The van der Waals surface area contributed by atoms with Crippen LogP contribution in [0.5, 0.6) is 5.75 Å². The Labute approximate surface area is 132 Å². The standard InChI is InChI=1S/C17H26N2O3/c1-22-12-4-9-18-17(21)14-7-10-19(11-8-14)13-15-5-2-3-6-16(15)20/h2-3,5-6,14,20H,4,7-13H2,1H3,(H,18,21). The molecule has 0 unspecified atom stereocenters. The Morgan fingerprint density at radius 1 is 1.36 bits per heavy atom. The molecular weight excluding hydrogens is 280 g/mol. The Morgan fingerprint density at radius 2 is 2.09 bits per heavy atom. The number of piperidine rings is 1. The predicted molar refractivity (Wildman–Crippen MR) is 85.6 cm³/mol. The number of ether oxygens (including phenoxy) is 1. The second-order valence-electron chi connectivity index (χ2n) is 5.82. The minimum Gasteiger partial charge on any atom is -0.508 e. The van der Waals surface area contributed by atoms with E-state index in [1.165, 1.54) is 0 Å². The van der Waals surface area contributed by atoms with Gasteiger partial charge in [-0.25, -0.2) is 0 Å². The van der Waals surface area contributed by atoms with E-state index in [1.54, 1.807) is 13.2 Å². The molecule has 1 aromatic rings. The van der Waals surface area contributed by atoms with Gasteiger partial charge in [0, 0.05) is 38.3 Å². The number of hydrogen-bond acceptors (Lipinski definition) is 4. The highest BCUT2D eigenvalue weighted by molar-refractivity contribution is 5.78. The van der Waals surface area contributed by atoms with E-state index in [4.69, 9.17) is 4.74 Å². The number of amides is 1. The molecular formula is C17H26N2O3. The molecule has 5 nitrogen and oxygen atoms in total. The van der Waals surface area contributed by atoms with Crippen LogP contribution in [0.3, 0.4) is 0 Å². The maximum atomic E-state index is 12.1. The average Bonchev–Trinajstić information content (AvgIpc) is 2.54. The van der Waals surface area contributed by atoms with Crippen molar-refractivity contribution < 1.29 is 14.6 Å². The summed E-state index contributed by atoms with van der Waals surface area (Å²) in [6.45, 7) is 3.90. The van der Waals surface area contributed by atoms with Crippen molar-refractivity contribution in [2.75, 3.05) is 33.4 Å². The van der Waals surface area contributed by atoms with Gasteiger partial charge in [0.25, 0.3) is 0 Å². The first-order valence-electron chi connectivity index (χ1n) is 7.96. The lowest BCUT2D eigenvalue weighted by atomic mass is 9.95. The van der Waals surface area contributed by atoms with Crippen molar-refractivity contribution in [1.29, 1.82) is 0 Å². The summed E-state index contributed by atoms with van der Waals surface area (Å²) in [4.78, 5) is 14.4. The van der Waals surface area contributed by atoms with E-state index in [1.807, 2.05) is 18.2 Å². The number of methoxy groups -OCH3 is 1. The molecule has 0 radical (unpaired) electrons. The Bertz CT molecular complexity index is 471. The van der Waals surface area contributed by atoms with Crippen molar-refractivity contribution in [1.82, 2.24) is 10.2 Å². The highest BCUT2D eigenvalue weighted by atomic mass is 16.5. The van der Waals surface area contributed by atoms with Gasteiger partial charge in [-0.1, -0.05) is 18.2 Å². The fourth-order valence-electron chi connectivity index (χ4n) is 2.81. The highest BCUT2D eigenvalue weighted by Gasteiger charge is 2.24. The number of carbonyl (C=O) groups is 1. The lowest BCUT2D eigenvalue weighted by Gasteiger charge is -2.31. The largest absolute Gasteiger partial charge is 0.508 e. The summed E-state index contributed by atoms with van der Waals surface area (Å²) in [5, 5.41) is 12.8. The molecule has 122 valence electrons. The molecule has 1 aliphatic rings. The number of carbonyl (C=O) groups excluding carboxylic acids is 1. The summed E-state index contributed by atoms with van der Waals surface area (Å²) < 4.78 is 4.97. The average molecular weight is 306 g/mol. The van der Waals surface area contributed by atoms with Crippen LogP contribution in [0.4, 0.5) is 0 Å². The summed E-state index contributed by atoms with van der Waals surface area (Å²) in [5.74, 6) is 0.627. The number of rotatable bonds is 7. The molecule has 0 aliphatic carbocycles. The van der Waals surface area contributed by atoms with E-state index in [0.29, 0.717) is 18.9 Å². The van der Waals surface area contributed by atoms with Crippen LogP contribution in [0.15, 0.2) is 24.3 Å². The van der Waals surface area contributed by atoms with Gasteiger partial charge in [0.05, 0.1) is 0 Å². The number of phenols is 1. The quantitative estimate of drug-likeness (QED) is 0.754. The number of aromatic hydroxyl groups is 1. The molecule has 0 aromatic heterocycles. The molecule has 5 heteroatoms. The second kappa shape index (κ2) is 8.76. The lowest BCUT2D eigenvalue weighted by Crippen LogP contribution is -2.40. The van der Waals surface area contributed by atoms with Gasteiger partial charge in [0.1, 0.15) is 5.75 Å². The maximum Gasteiger partial charge on any atom is 0.223 e. The number of nitrogens with zero attached hydrogens (tertiary/aromatic N) is 1. The zero-order valence-electron chi connectivity index (χ0n) is 13.3. The smallest absolute Gasteiger partial charge is 0.223 e. The fraction of sp³-hybridized carbons (Fsp3) is 0.588. The number of para-hydroxylation sites is 1. The summed E-state index contributed by atoms with van der Waals surface area (Å²) in [6, 6.07) is 7.44. The van der Waals surface area contributed by atoms with Gasteiger partial charge in [0.2, 0.25) is 5.91 Å². The molecule has 0 spiro atoms. The van der Waals surface area contributed by atoms with Crippen LogP contribution in [0.1, 0.15) is 24.8 Å². The third-order valence-corrected chi connectivity index (χ3v) is 4.17. The number of benzene rings is 1. The van der Waals surface area contributed by atoms with Crippen LogP contribution in [0.2, 0.25) is 0 Å². The van der Waals surface area contributed by atoms with E-state index in [0.717, 1.165) is 44.5 Å². The Hall–Kier alpha value is -1.59. The molecule has 2 rings (SSSR count). The third-order valence-electron chi connectivity index (χ3n) is 4.17. The van der Waals surface area contributed by atoms with Gasteiger partial charge < -0.3 is 15.2 Å². The predicted octanol–water partition coefficient (Wildman–Crippen LogP) is 1.76. The molecule has 1 aromatic carbocycles. The molecule has 1 saturated heterocycles. The van der Waals surface area contributed by atoms with Crippen LogP contribution >= 0.6 is 0 Å². The molecule has 0 bridgehead atoms. The van der Waals surface area contributed by atoms with E-state index in [-0.39, 0.29) is 11.8 Å². The Balaban J connectivity index is 1.71. The third kappa shape index (κ3) is 5.00. The summed E-state index contributed by atoms with van der Waals surface area (Å²) in [6.07, 6.45) is 2.61. The molecule has 0 saturated carbocycles. The SMILES string of the molecule is COCCCNC(=O)C1CCN(Cc2ccccc2O)CC1. The normalized spacial score (nSPS) is 16.6. The summed E-state index contributed by atoms with van der Waals surface area (Å²) in [5.41, 5.74) is 0.949. The van der Waals surface area contributed by atoms with Gasteiger partial charge in [-0.05, 0) is 38.4 Å². The number of phenolic OH excluding ortho intramolecular Hbond substituents is 1. The van der Waals surface area contributed by atoms with Crippen molar-refractivity contribution in [3.63, 3.8) is 0 Å². The minimum atomic E-state index is 0.114. The van der Waals surface area contributed by atoms with Gasteiger partial charge >= 0.3 is 0 Å². The number of hydrogen-bond donors (Lipinski definition) is 2. The van der Waals surface area contributed by atoms with E-state index >= 15 is 0 Å². The van der Waals surface area contributed by atoms with Crippen molar-refractivity contribution >= 4 is 5.91 Å².